The highest BCUT2D eigenvalue weighted by Gasteiger charge is 2.29. The van der Waals surface area contributed by atoms with Gasteiger partial charge in [0.05, 0.1) is 34.6 Å². The fraction of sp³-hybridized carbons (Fsp3) is 0.381. The lowest BCUT2D eigenvalue weighted by atomic mass is 9.93. The highest BCUT2D eigenvalue weighted by atomic mass is 32.2. The molecule has 0 unspecified atom stereocenters. The second-order valence-electron chi connectivity index (χ2n) is 8.29. The van der Waals surface area contributed by atoms with E-state index in [1.165, 1.54) is 4.31 Å². The van der Waals surface area contributed by atoms with Crippen molar-refractivity contribution in [3.63, 3.8) is 0 Å². The number of aromatic nitrogens is 4. The third-order valence-electron chi connectivity index (χ3n) is 6.19. The first-order valence-corrected chi connectivity index (χ1v) is 12.0. The van der Waals surface area contributed by atoms with Gasteiger partial charge >= 0.3 is 0 Å². The number of hydrogen-bond donors (Lipinski definition) is 2. The number of hydrogen-bond acceptors (Lipinski definition) is 6. The van der Waals surface area contributed by atoms with Gasteiger partial charge in [-0.3, -0.25) is 9.89 Å². The van der Waals surface area contributed by atoms with Crippen molar-refractivity contribution >= 4 is 15.9 Å². The fourth-order valence-electron chi connectivity index (χ4n) is 4.42. The van der Waals surface area contributed by atoms with Gasteiger partial charge in [0, 0.05) is 43.0 Å². The van der Waals surface area contributed by atoms with E-state index in [1.54, 1.807) is 35.1 Å². The molecule has 1 amide bonds. The highest BCUT2D eigenvalue weighted by Crippen LogP contribution is 2.36. The van der Waals surface area contributed by atoms with Crippen LogP contribution in [0.15, 0.2) is 35.4 Å². The molecule has 1 aromatic carbocycles. The molecule has 1 aliphatic carbocycles. The summed E-state index contributed by atoms with van der Waals surface area (Å²) in [5, 5.41) is 11.9. The van der Waals surface area contributed by atoms with Gasteiger partial charge in [0.25, 0.3) is 0 Å². The second kappa shape index (κ2) is 7.84. The van der Waals surface area contributed by atoms with E-state index in [0.717, 1.165) is 35.4 Å². The number of piperazine rings is 1. The molecule has 3 heterocycles. The van der Waals surface area contributed by atoms with Gasteiger partial charge in [0.1, 0.15) is 0 Å². The van der Waals surface area contributed by atoms with Crippen LogP contribution in [0.4, 0.5) is 0 Å². The van der Waals surface area contributed by atoms with Crippen LogP contribution in [0.1, 0.15) is 17.0 Å². The zero-order valence-electron chi connectivity index (χ0n) is 17.8. The summed E-state index contributed by atoms with van der Waals surface area (Å²) in [4.78, 5) is 14.0. The summed E-state index contributed by atoms with van der Waals surface area (Å²) in [7, 11) is -1.56. The first-order valence-electron chi connectivity index (χ1n) is 10.6. The lowest BCUT2D eigenvalue weighted by Crippen LogP contribution is -2.46. The zero-order chi connectivity index (χ0) is 22.5. The van der Waals surface area contributed by atoms with Gasteiger partial charge in [-0.1, -0.05) is 0 Å². The average molecular weight is 456 g/mol. The summed E-state index contributed by atoms with van der Waals surface area (Å²) in [5.74, 6) is -0.441. The number of carbonyl (C=O) groups is 1. The molecule has 32 heavy (non-hydrogen) atoms. The number of benzene rings is 1. The molecule has 3 N–H and O–H groups in total. The maximum atomic E-state index is 13.0. The molecule has 0 bridgehead atoms. The number of carbonyl (C=O) groups excluding carboxylic acids is 1. The number of sulfonamides is 1. The lowest BCUT2D eigenvalue weighted by molar-refractivity contribution is -0.117. The van der Waals surface area contributed by atoms with Crippen molar-refractivity contribution in [3.8, 4) is 16.9 Å². The van der Waals surface area contributed by atoms with E-state index in [1.807, 2.05) is 7.05 Å². The molecule has 10 nitrogen and oxygen atoms in total. The minimum absolute atomic E-state index is 0.0540. The molecule has 11 heteroatoms. The molecule has 0 saturated carbocycles. The van der Waals surface area contributed by atoms with Crippen molar-refractivity contribution in [3.05, 3.63) is 47.4 Å². The Kier molecular flexibility index (Phi) is 5.11. The van der Waals surface area contributed by atoms with Gasteiger partial charge < -0.3 is 10.6 Å². The molecule has 0 radical (unpaired) electrons. The average Bonchev–Trinajstić information content (AvgIpc) is 3.38. The Morgan fingerprint density at radius 3 is 2.53 bits per heavy atom. The van der Waals surface area contributed by atoms with Crippen LogP contribution >= 0.6 is 0 Å². The van der Waals surface area contributed by atoms with Gasteiger partial charge in [-0.25, -0.2) is 13.1 Å². The molecular formula is C21H25N7O3S. The van der Waals surface area contributed by atoms with E-state index < -0.39 is 15.9 Å². The number of H-pyrrole nitrogens is 1. The van der Waals surface area contributed by atoms with Gasteiger partial charge in [0.15, 0.2) is 0 Å². The van der Waals surface area contributed by atoms with Crippen molar-refractivity contribution in [2.75, 3.05) is 33.2 Å². The Bertz CT molecular complexity index is 1270. The van der Waals surface area contributed by atoms with Gasteiger partial charge in [0.2, 0.25) is 15.9 Å². The number of primary amides is 1. The summed E-state index contributed by atoms with van der Waals surface area (Å²) < 4.78 is 29.4. The molecule has 1 saturated heterocycles. The van der Waals surface area contributed by atoms with E-state index in [2.05, 4.69) is 20.2 Å². The normalized spacial score (nSPS) is 17.2. The molecular weight excluding hydrogens is 430 g/mol. The number of nitrogens with zero attached hydrogens (tertiary/aromatic N) is 5. The zero-order valence-corrected chi connectivity index (χ0v) is 18.6. The second-order valence-corrected chi connectivity index (χ2v) is 10.2. The number of nitrogens with two attached hydrogens (primary N) is 1. The first kappa shape index (κ1) is 20.9. The van der Waals surface area contributed by atoms with Crippen LogP contribution in [-0.2, 0) is 34.1 Å². The monoisotopic (exact) mass is 455 g/mol. The summed E-state index contributed by atoms with van der Waals surface area (Å²) in [6.07, 6.45) is 3.31. The van der Waals surface area contributed by atoms with E-state index >= 15 is 0 Å². The number of fused-ring (bicyclic) bond motifs is 3. The molecule has 2 aliphatic rings. The van der Waals surface area contributed by atoms with E-state index in [-0.39, 0.29) is 11.3 Å². The van der Waals surface area contributed by atoms with Crippen molar-refractivity contribution in [2.45, 2.75) is 24.2 Å². The number of rotatable bonds is 5. The summed E-state index contributed by atoms with van der Waals surface area (Å²) in [6, 6.07) is 6.73. The smallest absolute Gasteiger partial charge is 0.243 e. The third-order valence-corrected chi connectivity index (χ3v) is 8.10. The molecule has 0 atom stereocenters. The first-order chi connectivity index (χ1) is 15.3. The highest BCUT2D eigenvalue weighted by molar-refractivity contribution is 7.89. The number of nitrogens with one attached hydrogen (secondary N) is 1. The van der Waals surface area contributed by atoms with Crippen LogP contribution in [0, 0.1) is 0 Å². The SMILES string of the molecule is CN1CCN(S(=O)(=O)c2ccc(-n3nc(CC(N)=O)c4c3-c3cn[nH]c3CC4)cc2)CC1. The standard InChI is InChI=1S/C21H25N7O3S/c1-26-8-10-27(11-9-26)32(30,31)15-4-2-14(3-5-15)28-21-16(19(25-28)12-20(22)29)6-7-18-17(21)13-23-24-18/h2-5,13H,6-12H2,1H3,(H2,22,29)(H,23,24). The summed E-state index contributed by atoms with van der Waals surface area (Å²) in [5.41, 5.74) is 10.6. The van der Waals surface area contributed by atoms with E-state index in [4.69, 9.17) is 5.73 Å². The molecule has 1 aliphatic heterocycles. The number of likely N-dealkylation sites (N-methyl/N-ethyl adjacent to an activating group) is 1. The predicted molar refractivity (Wildman–Crippen MR) is 118 cm³/mol. The van der Waals surface area contributed by atoms with Crippen molar-refractivity contribution in [1.82, 2.24) is 29.2 Å². The van der Waals surface area contributed by atoms with Crippen LogP contribution in [0.3, 0.4) is 0 Å². The van der Waals surface area contributed by atoms with E-state index in [0.29, 0.717) is 37.6 Å². The Hall–Kier alpha value is -3.02. The number of aryl methyl sites for hydroxylation is 1. The quantitative estimate of drug-likeness (QED) is 0.570. The van der Waals surface area contributed by atoms with Gasteiger partial charge in [-0.05, 0) is 44.2 Å². The van der Waals surface area contributed by atoms with Crippen molar-refractivity contribution in [1.29, 1.82) is 0 Å². The maximum Gasteiger partial charge on any atom is 0.243 e. The van der Waals surface area contributed by atoms with Crippen LogP contribution in [0.25, 0.3) is 16.9 Å². The summed E-state index contributed by atoms with van der Waals surface area (Å²) in [6.45, 7) is 2.39. The Balaban J connectivity index is 1.52. The topological polar surface area (TPSA) is 130 Å². The minimum atomic E-state index is -3.55. The molecule has 0 spiro atoms. The van der Waals surface area contributed by atoms with Gasteiger partial charge in [-0.2, -0.15) is 14.5 Å². The Morgan fingerprint density at radius 1 is 1.12 bits per heavy atom. The van der Waals surface area contributed by atoms with Crippen LogP contribution in [0.2, 0.25) is 0 Å². The van der Waals surface area contributed by atoms with Crippen molar-refractivity contribution in [2.24, 2.45) is 5.73 Å². The molecule has 3 aromatic rings. The predicted octanol–water partition coefficient (Wildman–Crippen LogP) is 0.325. The van der Waals surface area contributed by atoms with Crippen molar-refractivity contribution < 1.29 is 13.2 Å². The third kappa shape index (κ3) is 3.51. The molecule has 168 valence electrons. The number of amides is 1. The van der Waals surface area contributed by atoms with Crippen LogP contribution in [-0.4, -0.2) is 76.7 Å². The van der Waals surface area contributed by atoms with Gasteiger partial charge in [-0.15, -0.1) is 0 Å². The largest absolute Gasteiger partial charge is 0.369 e. The molecule has 2 aromatic heterocycles. The molecule has 5 rings (SSSR count). The Labute approximate surface area is 186 Å². The molecule has 1 fully saturated rings. The minimum Gasteiger partial charge on any atom is -0.369 e. The number of aromatic amines is 1. The fourth-order valence-corrected chi connectivity index (χ4v) is 5.85. The van der Waals surface area contributed by atoms with E-state index in [9.17, 15) is 13.2 Å². The maximum absolute atomic E-state index is 13.0. The Morgan fingerprint density at radius 2 is 1.84 bits per heavy atom. The van der Waals surface area contributed by atoms with Crippen LogP contribution in [0.5, 0.6) is 0 Å². The van der Waals surface area contributed by atoms with Crippen LogP contribution < -0.4 is 5.73 Å². The summed E-state index contributed by atoms with van der Waals surface area (Å²) >= 11 is 0. The lowest BCUT2D eigenvalue weighted by Gasteiger charge is -2.31.